The van der Waals surface area contributed by atoms with E-state index in [4.69, 9.17) is 0 Å². The minimum Gasteiger partial charge on any atom is -0.292 e. The Labute approximate surface area is 91.8 Å². The van der Waals surface area contributed by atoms with Crippen LogP contribution in [-0.4, -0.2) is 11.8 Å². The fraction of sp³-hybridized carbons (Fsp3) is 0.273. The van der Waals surface area contributed by atoms with Gasteiger partial charge in [0.25, 0.3) is 5.91 Å². The molecule has 3 nitrogen and oxygen atoms in total. The Morgan fingerprint density at radius 3 is 2.80 bits per heavy atom. The van der Waals surface area contributed by atoms with Crippen molar-refractivity contribution in [3.8, 4) is 0 Å². The molecule has 1 saturated heterocycles. The summed E-state index contributed by atoms with van der Waals surface area (Å²) < 4.78 is 0. The predicted octanol–water partition coefficient (Wildman–Crippen LogP) is 1.96. The van der Waals surface area contributed by atoms with Crippen LogP contribution < -0.4 is 5.32 Å². The number of thiophene rings is 1. The molecule has 0 saturated carbocycles. The van der Waals surface area contributed by atoms with Crippen LogP contribution in [0.5, 0.6) is 0 Å². The average molecular weight is 221 g/mol. The number of hydrogen-bond donors (Lipinski definition) is 1. The van der Waals surface area contributed by atoms with Gasteiger partial charge in [0.1, 0.15) is 0 Å². The van der Waals surface area contributed by atoms with Crippen LogP contribution in [0.4, 0.5) is 0 Å². The lowest BCUT2D eigenvalue weighted by Crippen LogP contribution is -2.19. The summed E-state index contributed by atoms with van der Waals surface area (Å²) in [5.41, 5.74) is 1.62. The minimum atomic E-state index is -0.231. The van der Waals surface area contributed by atoms with Crippen LogP contribution in [0.15, 0.2) is 23.1 Å². The second kappa shape index (κ2) is 3.98. The number of carbonyl (C=O) groups excluding carboxylic acids is 2. The molecule has 0 unspecified atom stereocenters. The Morgan fingerprint density at radius 2 is 2.33 bits per heavy atom. The van der Waals surface area contributed by atoms with E-state index in [2.05, 4.69) is 5.32 Å². The predicted molar refractivity (Wildman–Crippen MR) is 59.3 cm³/mol. The van der Waals surface area contributed by atoms with Gasteiger partial charge in [0.2, 0.25) is 5.91 Å². The second-order valence-electron chi connectivity index (χ2n) is 3.34. The van der Waals surface area contributed by atoms with Crippen molar-refractivity contribution in [2.45, 2.75) is 19.8 Å². The quantitative estimate of drug-likeness (QED) is 0.613. The lowest BCUT2D eigenvalue weighted by Gasteiger charge is -2.03. The molecule has 2 heterocycles. The molecule has 1 aromatic rings. The van der Waals surface area contributed by atoms with Crippen LogP contribution in [0.25, 0.3) is 5.57 Å². The SMILES string of the molecule is CC/C(=C1\CC(=O)NC1=O)c1cccs1. The van der Waals surface area contributed by atoms with Crippen LogP contribution in [0.2, 0.25) is 0 Å². The molecule has 1 fully saturated rings. The Morgan fingerprint density at radius 1 is 1.53 bits per heavy atom. The number of imide groups is 1. The summed E-state index contributed by atoms with van der Waals surface area (Å²) in [6.07, 6.45) is 0.996. The molecule has 15 heavy (non-hydrogen) atoms. The van der Waals surface area contributed by atoms with Crippen LogP contribution in [0, 0.1) is 0 Å². The molecule has 1 aliphatic heterocycles. The van der Waals surface area contributed by atoms with E-state index in [1.807, 2.05) is 24.4 Å². The van der Waals surface area contributed by atoms with E-state index in [9.17, 15) is 9.59 Å². The molecule has 0 aromatic carbocycles. The number of allylic oxidation sites excluding steroid dienone is 1. The van der Waals surface area contributed by atoms with Crippen molar-refractivity contribution < 1.29 is 9.59 Å². The van der Waals surface area contributed by atoms with Gasteiger partial charge in [-0.15, -0.1) is 11.3 Å². The molecule has 1 aromatic heterocycles. The number of hydrogen-bond acceptors (Lipinski definition) is 3. The summed E-state index contributed by atoms with van der Waals surface area (Å²) in [4.78, 5) is 23.7. The first-order chi connectivity index (χ1) is 7.22. The highest BCUT2D eigenvalue weighted by Gasteiger charge is 2.27. The van der Waals surface area contributed by atoms with Gasteiger partial charge in [0, 0.05) is 10.5 Å². The van der Waals surface area contributed by atoms with Crippen LogP contribution in [-0.2, 0) is 9.59 Å². The first-order valence-corrected chi connectivity index (χ1v) is 5.70. The molecule has 1 N–H and O–H groups in total. The lowest BCUT2D eigenvalue weighted by molar-refractivity contribution is -0.124. The average Bonchev–Trinajstić information content (AvgIpc) is 2.79. The third kappa shape index (κ3) is 1.85. The van der Waals surface area contributed by atoms with Crippen LogP contribution >= 0.6 is 11.3 Å². The standard InChI is InChI=1S/C11H11NO2S/c1-2-7(9-4-3-5-15-9)8-6-10(13)12-11(8)14/h3-5H,2,6H2,1H3,(H,12,13,14)/b8-7-. The summed E-state index contributed by atoms with van der Waals surface area (Å²) in [5, 5.41) is 4.28. The van der Waals surface area contributed by atoms with E-state index in [-0.39, 0.29) is 18.2 Å². The summed E-state index contributed by atoms with van der Waals surface area (Å²) in [5.74, 6) is -0.428. The first-order valence-electron chi connectivity index (χ1n) is 4.82. The molecule has 1 aliphatic rings. The third-order valence-electron chi connectivity index (χ3n) is 2.40. The molecule has 78 valence electrons. The molecule has 0 bridgehead atoms. The van der Waals surface area contributed by atoms with E-state index >= 15 is 0 Å². The second-order valence-corrected chi connectivity index (χ2v) is 4.29. The first kappa shape index (κ1) is 10.1. The van der Waals surface area contributed by atoms with Crippen molar-refractivity contribution in [2.24, 2.45) is 0 Å². The van der Waals surface area contributed by atoms with Crippen LogP contribution in [0.1, 0.15) is 24.6 Å². The van der Waals surface area contributed by atoms with Gasteiger partial charge in [-0.1, -0.05) is 13.0 Å². The highest BCUT2D eigenvalue weighted by Crippen LogP contribution is 2.29. The Kier molecular flexibility index (Phi) is 2.68. The zero-order valence-corrected chi connectivity index (χ0v) is 9.19. The van der Waals surface area contributed by atoms with E-state index in [1.54, 1.807) is 11.3 Å². The zero-order chi connectivity index (χ0) is 10.8. The van der Waals surface area contributed by atoms with Crippen LogP contribution in [0.3, 0.4) is 0 Å². The highest BCUT2D eigenvalue weighted by atomic mass is 32.1. The Bertz CT molecular complexity index is 431. The van der Waals surface area contributed by atoms with Crippen molar-refractivity contribution in [2.75, 3.05) is 0 Å². The van der Waals surface area contributed by atoms with Crippen molar-refractivity contribution in [3.63, 3.8) is 0 Å². The maximum absolute atomic E-state index is 11.5. The third-order valence-corrected chi connectivity index (χ3v) is 3.33. The van der Waals surface area contributed by atoms with E-state index < -0.39 is 0 Å². The molecule has 2 rings (SSSR count). The summed E-state index contributed by atoms with van der Waals surface area (Å²) in [6.45, 7) is 2.00. The Balaban J connectivity index is 2.45. The maximum atomic E-state index is 11.5. The number of rotatable bonds is 2. The van der Waals surface area contributed by atoms with Gasteiger partial charge >= 0.3 is 0 Å². The molecular formula is C11H11NO2S. The smallest absolute Gasteiger partial charge is 0.254 e. The number of amides is 2. The molecular weight excluding hydrogens is 210 g/mol. The summed E-state index contributed by atoms with van der Waals surface area (Å²) in [7, 11) is 0. The maximum Gasteiger partial charge on any atom is 0.254 e. The van der Waals surface area contributed by atoms with Crippen molar-refractivity contribution in [1.29, 1.82) is 0 Å². The van der Waals surface area contributed by atoms with E-state index in [0.717, 1.165) is 16.9 Å². The van der Waals surface area contributed by atoms with Gasteiger partial charge in [-0.2, -0.15) is 0 Å². The molecule has 0 radical (unpaired) electrons. The molecule has 0 aliphatic carbocycles. The minimum absolute atomic E-state index is 0.197. The molecule has 0 atom stereocenters. The summed E-state index contributed by atoms with van der Waals surface area (Å²) in [6, 6.07) is 3.93. The van der Waals surface area contributed by atoms with Gasteiger partial charge in [-0.05, 0) is 23.4 Å². The largest absolute Gasteiger partial charge is 0.292 e. The van der Waals surface area contributed by atoms with Crippen molar-refractivity contribution in [1.82, 2.24) is 5.32 Å². The van der Waals surface area contributed by atoms with E-state index in [0.29, 0.717) is 5.57 Å². The van der Waals surface area contributed by atoms with Crippen molar-refractivity contribution >= 4 is 28.7 Å². The lowest BCUT2D eigenvalue weighted by atomic mass is 10.0. The molecule has 2 amide bonds. The highest BCUT2D eigenvalue weighted by molar-refractivity contribution is 7.11. The fourth-order valence-corrected chi connectivity index (χ4v) is 2.59. The Hall–Kier alpha value is -1.42. The summed E-state index contributed by atoms with van der Waals surface area (Å²) >= 11 is 1.60. The topological polar surface area (TPSA) is 46.2 Å². The van der Waals surface area contributed by atoms with E-state index in [1.165, 1.54) is 0 Å². The normalized spacial score (nSPS) is 19.3. The molecule has 4 heteroatoms. The van der Waals surface area contributed by atoms with Gasteiger partial charge < -0.3 is 0 Å². The zero-order valence-electron chi connectivity index (χ0n) is 8.37. The van der Waals surface area contributed by atoms with Gasteiger partial charge in [0.05, 0.1) is 6.42 Å². The van der Waals surface area contributed by atoms with Gasteiger partial charge in [-0.3, -0.25) is 14.9 Å². The fourth-order valence-electron chi connectivity index (χ4n) is 1.72. The molecule has 0 spiro atoms. The number of nitrogens with one attached hydrogen (secondary N) is 1. The number of carbonyl (C=O) groups is 2. The van der Waals surface area contributed by atoms with Gasteiger partial charge in [-0.25, -0.2) is 0 Å². The van der Waals surface area contributed by atoms with Gasteiger partial charge in [0.15, 0.2) is 0 Å². The van der Waals surface area contributed by atoms with Crippen molar-refractivity contribution in [3.05, 3.63) is 28.0 Å². The monoisotopic (exact) mass is 221 g/mol.